The molecule has 1 amide bonds. The van der Waals surface area contributed by atoms with Crippen LogP contribution in [0.15, 0.2) is 32.7 Å². The molecule has 0 unspecified atom stereocenters. The molecule has 100 valence electrons. The van der Waals surface area contributed by atoms with Gasteiger partial charge in [0, 0.05) is 19.2 Å². The van der Waals surface area contributed by atoms with Crippen LogP contribution in [0.5, 0.6) is 0 Å². The van der Waals surface area contributed by atoms with Gasteiger partial charge in [0.2, 0.25) is 0 Å². The van der Waals surface area contributed by atoms with Crippen molar-refractivity contribution in [2.45, 2.75) is 18.9 Å². The molecule has 2 aliphatic rings. The number of nitrogens with zero attached hydrogens (tertiary/aromatic N) is 2. The lowest BCUT2D eigenvalue weighted by atomic mass is 10.1. The molecule has 0 bridgehead atoms. The zero-order chi connectivity index (χ0) is 13.2. The summed E-state index contributed by atoms with van der Waals surface area (Å²) < 4.78 is 5.20. The van der Waals surface area contributed by atoms with Crippen molar-refractivity contribution in [3.05, 3.63) is 29.1 Å². The summed E-state index contributed by atoms with van der Waals surface area (Å²) in [5, 5.41) is 10.2. The molecule has 0 atom stereocenters. The van der Waals surface area contributed by atoms with E-state index in [0.29, 0.717) is 10.7 Å². The second kappa shape index (κ2) is 5.22. The van der Waals surface area contributed by atoms with Crippen molar-refractivity contribution >= 4 is 28.9 Å². The van der Waals surface area contributed by atoms with Crippen LogP contribution in [0, 0.1) is 0 Å². The lowest BCUT2D eigenvalue weighted by Gasteiger charge is -2.30. The zero-order valence-corrected chi connectivity index (χ0v) is 11.1. The molecule has 2 aliphatic heterocycles. The van der Waals surface area contributed by atoms with Crippen LogP contribution in [0.25, 0.3) is 6.08 Å². The topological polar surface area (TPSA) is 66.0 Å². The van der Waals surface area contributed by atoms with Crippen LogP contribution in [0.2, 0.25) is 0 Å². The summed E-state index contributed by atoms with van der Waals surface area (Å²) in [4.78, 5) is 18.5. The van der Waals surface area contributed by atoms with Crippen molar-refractivity contribution in [3.63, 3.8) is 0 Å². The first-order valence-electron chi connectivity index (χ1n) is 6.21. The van der Waals surface area contributed by atoms with Gasteiger partial charge in [0.05, 0.1) is 17.3 Å². The van der Waals surface area contributed by atoms with E-state index in [1.165, 1.54) is 11.8 Å². The standard InChI is InChI=1S/C13H14N2O3S/c16-9-3-5-15(6-4-9)13-14-12(17)11(19-13)8-10-2-1-7-18-10/h1-2,7-9,16H,3-6H2/b11-8+. The number of aliphatic imine (C=N–C) groups is 1. The number of hydrogen-bond donors (Lipinski definition) is 1. The number of hydrogen-bond acceptors (Lipinski definition) is 5. The smallest absolute Gasteiger partial charge is 0.286 e. The van der Waals surface area contributed by atoms with Gasteiger partial charge in [-0.3, -0.25) is 4.79 Å². The van der Waals surface area contributed by atoms with Crippen LogP contribution in [0.1, 0.15) is 18.6 Å². The third kappa shape index (κ3) is 2.74. The molecule has 1 fully saturated rings. The van der Waals surface area contributed by atoms with Crippen LogP contribution < -0.4 is 0 Å². The number of aliphatic hydroxyl groups excluding tert-OH is 1. The van der Waals surface area contributed by atoms with Crippen LogP contribution in [0.3, 0.4) is 0 Å². The van der Waals surface area contributed by atoms with Crippen molar-refractivity contribution in [2.24, 2.45) is 4.99 Å². The Balaban J connectivity index is 1.70. The number of likely N-dealkylation sites (tertiary alicyclic amines) is 1. The van der Waals surface area contributed by atoms with Crippen molar-refractivity contribution < 1.29 is 14.3 Å². The molecule has 0 aliphatic carbocycles. The second-order valence-electron chi connectivity index (χ2n) is 4.54. The summed E-state index contributed by atoms with van der Waals surface area (Å²) in [6, 6.07) is 3.58. The Labute approximate surface area is 115 Å². The van der Waals surface area contributed by atoms with Gasteiger partial charge in [0.15, 0.2) is 5.17 Å². The SMILES string of the molecule is O=C1N=C(N2CCC(O)CC2)S/C1=C/c1ccco1. The molecule has 1 saturated heterocycles. The Kier molecular flexibility index (Phi) is 3.44. The largest absolute Gasteiger partial charge is 0.465 e. The highest BCUT2D eigenvalue weighted by Crippen LogP contribution is 2.31. The highest BCUT2D eigenvalue weighted by Gasteiger charge is 2.28. The molecule has 19 heavy (non-hydrogen) atoms. The number of piperidine rings is 1. The monoisotopic (exact) mass is 278 g/mol. The van der Waals surface area contributed by atoms with E-state index in [0.717, 1.165) is 31.1 Å². The molecule has 0 aromatic carbocycles. The van der Waals surface area contributed by atoms with Gasteiger partial charge in [-0.15, -0.1) is 0 Å². The first kappa shape index (κ1) is 12.5. The lowest BCUT2D eigenvalue weighted by Crippen LogP contribution is -2.38. The Morgan fingerprint density at radius 3 is 2.95 bits per heavy atom. The summed E-state index contributed by atoms with van der Waals surface area (Å²) in [6.07, 6.45) is 4.51. The summed E-state index contributed by atoms with van der Waals surface area (Å²) >= 11 is 1.37. The minimum Gasteiger partial charge on any atom is -0.465 e. The van der Waals surface area contributed by atoms with Gasteiger partial charge in [-0.05, 0) is 36.7 Å². The number of aliphatic hydroxyl groups is 1. The second-order valence-corrected chi connectivity index (χ2v) is 5.55. The van der Waals surface area contributed by atoms with Crippen molar-refractivity contribution in [3.8, 4) is 0 Å². The quantitative estimate of drug-likeness (QED) is 0.792. The minimum atomic E-state index is -0.225. The first-order chi connectivity index (χ1) is 9.22. The maximum absolute atomic E-state index is 11.8. The van der Waals surface area contributed by atoms with Crippen molar-refractivity contribution in [2.75, 3.05) is 13.1 Å². The number of furan rings is 1. The molecule has 0 radical (unpaired) electrons. The normalized spacial score (nSPS) is 23.2. The molecule has 0 saturated carbocycles. The maximum Gasteiger partial charge on any atom is 0.286 e. The Bertz CT molecular complexity index is 528. The van der Waals surface area contributed by atoms with E-state index in [-0.39, 0.29) is 12.0 Å². The van der Waals surface area contributed by atoms with Gasteiger partial charge in [-0.2, -0.15) is 4.99 Å². The molecule has 3 heterocycles. The van der Waals surface area contributed by atoms with Gasteiger partial charge >= 0.3 is 0 Å². The maximum atomic E-state index is 11.8. The molecule has 0 spiro atoms. The average molecular weight is 278 g/mol. The Morgan fingerprint density at radius 1 is 1.47 bits per heavy atom. The molecule has 1 N–H and O–H groups in total. The number of carbonyl (C=O) groups is 1. The molecule has 6 heteroatoms. The average Bonchev–Trinajstić information content (AvgIpc) is 3.02. The summed E-state index contributed by atoms with van der Waals surface area (Å²) in [7, 11) is 0. The minimum absolute atomic E-state index is 0.220. The van der Waals surface area contributed by atoms with Crippen LogP contribution in [-0.4, -0.2) is 40.3 Å². The van der Waals surface area contributed by atoms with Gasteiger partial charge < -0.3 is 14.4 Å². The lowest BCUT2D eigenvalue weighted by molar-refractivity contribution is -0.113. The molecular formula is C13H14N2O3S. The van der Waals surface area contributed by atoms with Crippen LogP contribution in [-0.2, 0) is 4.79 Å². The molecular weight excluding hydrogens is 264 g/mol. The summed E-state index contributed by atoms with van der Waals surface area (Å²) in [5.74, 6) is 0.434. The molecule has 1 aromatic rings. The van der Waals surface area contributed by atoms with E-state index < -0.39 is 0 Å². The molecule has 3 rings (SSSR count). The van der Waals surface area contributed by atoms with Gasteiger partial charge in [0.25, 0.3) is 5.91 Å². The van der Waals surface area contributed by atoms with E-state index in [1.54, 1.807) is 24.5 Å². The van der Waals surface area contributed by atoms with Crippen molar-refractivity contribution in [1.29, 1.82) is 0 Å². The predicted molar refractivity (Wildman–Crippen MR) is 73.5 cm³/mol. The highest BCUT2D eigenvalue weighted by molar-refractivity contribution is 8.18. The summed E-state index contributed by atoms with van der Waals surface area (Å²) in [5.41, 5.74) is 0. The fraction of sp³-hybridized carbons (Fsp3) is 0.385. The number of amides is 1. The fourth-order valence-electron chi connectivity index (χ4n) is 2.09. The highest BCUT2D eigenvalue weighted by atomic mass is 32.2. The van der Waals surface area contributed by atoms with Gasteiger partial charge in [0.1, 0.15) is 5.76 Å². The third-order valence-corrected chi connectivity index (χ3v) is 4.21. The number of carbonyl (C=O) groups excluding carboxylic acids is 1. The zero-order valence-electron chi connectivity index (χ0n) is 10.3. The van der Waals surface area contributed by atoms with E-state index in [9.17, 15) is 9.90 Å². The van der Waals surface area contributed by atoms with E-state index in [4.69, 9.17) is 4.42 Å². The number of amidine groups is 1. The fourth-order valence-corrected chi connectivity index (χ4v) is 3.04. The first-order valence-corrected chi connectivity index (χ1v) is 7.03. The Morgan fingerprint density at radius 2 is 2.26 bits per heavy atom. The predicted octanol–water partition coefficient (Wildman–Crippen LogP) is 1.71. The number of thioether (sulfide) groups is 1. The van der Waals surface area contributed by atoms with Gasteiger partial charge in [-0.25, -0.2) is 0 Å². The Hall–Kier alpha value is -1.53. The van der Waals surface area contributed by atoms with Crippen molar-refractivity contribution in [1.82, 2.24) is 4.90 Å². The molecule has 5 nitrogen and oxygen atoms in total. The van der Waals surface area contributed by atoms with Crippen LogP contribution >= 0.6 is 11.8 Å². The van der Waals surface area contributed by atoms with Gasteiger partial charge in [-0.1, -0.05) is 0 Å². The molecule has 1 aromatic heterocycles. The van der Waals surface area contributed by atoms with E-state index >= 15 is 0 Å². The third-order valence-electron chi connectivity index (χ3n) is 3.16. The van der Waals surface area contributed by atoms with E-state index in [1.807, 2.05) is 0 Å². The number of rotatable bonds is 1. The summed E-state index contributed by atoms with van der Waals surface area (Å²) in [6.45, 7) is 1.49. The van der Waals surface area contributed by atoms with Crippen LogP contribution in [0.4, 0.5) is 0 Å². The van der Waals surface area contributed by atoms with E-state index in [2.05, 4.69) is 9.89 Å².